The second-order valence-electron chi connectivity index (χ2n) is 5.21. The molecule has 0 spiro atoms. The first-order valence-corrected chi connectivity index (χ1v) is 6.78. The van der Waals surface area contributed by atoms with Crippen molar-refractivity contribution in [3.05, 3.63) is 48.0 Å². The van der Waals surface area contributed by atoms with Crippen LogP contribution >= 0.6 is 0 Å². The molecule has 4 nitrogen and oxygen atoms in total. The molecule has 1 aromatic carbocycles. The second kappa shape index (κ2) is 5.90. The van der Waals surface area contributed by atoms with Gasteiger partial charge in [0.25, 0.3) is 5.91 Å². The second-order valence-corrected chi connectivity index (χ2v) is 5.21. The predicted molar refractivity (Wildman–Crippen MR) is 78.5 cm³/mol. The lowest BCUT2D eigenvalue weighted by atomic mass is 10.1. The quantitative estimate of drug-likeness (QED) is 0.788. The zero-order valence-electron chi connectivity index (χ0n) is 12.0. The summed E-state index contributed by atoms with van der Waals surface area (Å²) in [6.07, 6.45) is 2.14. The number of amides is 2. The topological polar surface area (TPSA) is 40.6 Å². The van der Waals surface area contributed by atoms with E-state index in [9.17, 15) is 9.59 Å². The molecule has 0 saturated carbocycles. The van der Waals surface area contributed by atoms with Gasteiger partial charge in [-0.25, -0.2) is 0 Å². The minimum atomic E-state index is -0.0660. The first-order valence-electron chi connectivity index (χ1n) is 6.78. The van der Waals surface area contributed by atoms with Gasteiger partial charge in [-0.05, 0) is 31.6 Å². The number of aryl methyl sites for hydroxylation is 1. The number of likely N-dealkylation sites (tertiary alicyclic amines) is 1. The van der Waals surface area contributed by atoms with Gasteiger partial charge < -0.3 is 9.80 Å². The van der Waals surface area contributed by atoms with Crippen LogP contribution in [0, 0.1) is 6.92 Å². The summed E-state index contributed by atoms with van der Waals surface area (Å²) in [5.41, 5.74) is 1.82. The normalized spacial score (nSPS) is 17.9. The molecule has 106 valence electrons. The van der Waals surface area contributed by atoms with Crippen LogP contribution in [0.2, 0.25) is 0 Å². The standard InChI is InChI=1S/C16H20N2O2/c1-4-15(19)18-10-9-14(11-18)17(3)16(20)13-7-5-12(2)6-8-13/h4-8,14H,1,9-11H2,2-3H3/t14-/m0/s1. The molecule has 1 aliphatic rings. The number of hydrogen-bond donors (Lipinski definition) is 0. The third-order valence-electron chi connectivity index (χ3n) is 3.82. The van der Waals surface area contributed by atoms with Crippen LogP contribution in [0.3, 0.4) is 0 Å². The Labute approximate surface area is 119 Å². The molecule has 1 heterocycles. The third-order valence-corrected chi connectivity index (χ3v) is 3.82. The molecular weight excluding hydrogens is 252 g/mol. The zero-order valence-corrected chi connectivity index (χ0v) is 12.0. The number of likely N-dealkylation sites (N-methyl/N-ethyl adjacent to an activating group) is 1. The highest BCUT2D eigenvalue weighted by Crippen LogP contribution is 2.17. The van der Waals surface area contributed by atoms with E-state index in [0.717, 1.165) is 12.0 Å². The van der Waals surface area contributed by atoms with Crippen molar-refractivity contribution in [3.63, 3.8) is 0 Å². The average molecular weight is 272 g/mol. The summed E-state index contributed by atoms with van der Waals surface area (Å²) in [5, 5.41) is 0. The molecule has 2 rings (SSSR count). The Kier molecular flexibility index (Phi) is 4.23. The van der Waals surface area contributed by atoms with E-state index in [-0.39, 0.29) is 17.9 Å². The molecule has 2 amide bonds. The maximum Gasteiger partial charge on any atom is 0.253 e. The highest BCUT2D eigenvalue weighted by molar-refractivity contribution is 5.94. The summed E-state index contributed by atoms with van der Waals surface area (Å²) in [6.45, 7) is 6.75. The fraction of sp³-hybridized carbons (Fsp3) is 0.375. The van der Waals surface area contributed by atoms with Crippen LogP contribution in [0.1, 0.15) is 22.3 Å². The minimum absolute atomic E-state index is 0.00269. The molecule has 0 bridgehead atoms. The first kappa shape index (κ1) is 14.3. The van der Waals surface area contributed by atoms with Crippen LogP contribution in [0.4, 0.5) is 0 Å². The molecule has 1 fully saturated rings. The number of hydrogen-bond acceptors (Lipinski definition) is 2. The van der Waals surface area contributed by atoms with Gasteiger partial charge in [-0.15, -0.1) is 0 Å². The van der Waals surface area contributed by atoms with E-state index in [4.69, 9.17) is 0 Å². The number of nitrogens with zero attached hydrogens (tertiary/aromatic N) is 2. The number of carbonyl (C=O) groups is 2. The molecule has 1 saturated heterocycles. The Hall–Kier alpha value is -2.10. The van der Waals surface area contributed by atoms with Crippen LogP contribution in [0.15, 0.2) is 36.9 Å². The van der Waals surface area contributed by atoms with E-state index in [0.29, 0.717) is 18.7 Å². The average Bonchev–Trinajstić information content (AvgIpc) is 2.95. The lowest BCUT2D eigenvalue weighted by Gasteiger charge is -2.24. The summed E-state index contributed by atoms with van der Waals surface area (Å²) in [6, 6.07) is 7.63. The Bertz CT molecular complexity index is 522. The molecule has 1 aliphatic heterocycles. The van der Waals surface area contributed by atoms with E-state index < -0.39 is 0 Å². The zero-order chi connectivity index (χ0) is 14.7. The summed E-state index contributed by atoms with van der Waals surface area (Å²) < 4.78 is 0. The maximum atomic E-state index is 12.4. The van der Waals surface area contributed by atoms with Gasteiger partial charge >= 0.3 is 0 Å². The van der Waals surface area contributed by atoms with E-state index in [2.05, 4.69) is 6.58 Å². The van der Waals surface area contributed by atoms with Gasteiger partial charge in [-0.2, -0.15) is 0 Å². The van der Waals surface area contributed by atoms with Crippen LogP contribution in [-0.4, -0.2) is 47.8 Å². The van der Waals surface area contributed by atoms with Crippen molar-refractivity contribution < 1.29 is 9.59 Å². The molecular formula is C16H20N2O2. The number of carbonyl (C=O) groups excluding carboxylic acids is 2. The predicted octanol–water partition coefficient (Wildman–Crippen LogP) is 1.85. The van der Waals surface area contributed by atoms with Crippen molar-refractivity contribution >= 4 is 11.8 Å². The highest BCUT2D eigenvalue weighted by Gasteiger charge is 2.30. The molecule has 0 unspecified atom stereocenters. The largest absolute Gasteiger partial charge is 0.337 e. The van der Waals surface area contributed by atoms with Gasteiger partial charge in [-0.1, -0.05) is 24.3 Å². The van der Waals surface area contributed by atoms with Gasteiger partial charge in [0.15, 0.2) is 0 Å². The minimum Gasteiger partial charge on any atom is -0.337 e. The van der Waals surface area contributed by atoms with Gasteiger partial charge in [0.2, 0.25) is 5.91 Å². The van der Waals surface area contributed by atoms with Gasteiger partial charge in [-0.3, -0.25) is 9.59 Å². The van der Waals surface area contributed by atoms with Gasteiger partial charge in [0.05, 0.1) is 6.04 Å². The molecule has 20 heavy (non-hydrogen) atoms. The number of benzene rings is 1. The first-order chi connectivity index (χ1) is 9.52. The fourth-order valence-corrected chi connectivity index (χ4v) is 2.45. The van der Waals surface area contributed by atoms with E-state index in [1.807, 2.05) is 31.2 Å². The van der Waals surface area contributed by atoms with Crippen molar-refractivity contribution in [2.24, 2.45) is 0 Å². The SMILES string of the molecule is C=CC(=O)N1CC[C@H](N(C)C(=O)c2ccc(C)cc2)C1. The lowest BCUT2D eigenvalue weighted by molar-refractivity contribution is -0.125. The molecule has 4 heteroatoms. The monoisotopic (exact) mass is 272 g/mol. The molecule has 0 radical (unpaired) electrons. The summed E-state index contributed by atoms with van der Waals surface area (Å²) in [7, 11) is 1.80. The van der Waals surface area contributed by atoms with E-state index >= 15 is 0 Å². The van der Waals surface area contributed by atoms with E-state index in [1.165, 1.54) is 6.08 Å². The van der Waals surface area contributed by atoms with Gasteiger partial charge in [0.1, 0.15) is 0 Å². The fourth-order valence-electron chi connectivity index (χ4n) is 2.45. The van der Waals surface area contributed by atoms with E-state index in [1.54, 1.807) is 16.8 Å². The Morgan fingerprint density at radius 2 is 2.00 bits per heavy atom. The molecule has 0 aromatic heterocycles. The smallest absolute Gasteiger partial charge is 0.253 e. The Morgan fingerprint density at radius 1 is 1.35 bits per heavy atom. The van der Waals surface area contributed by atoms with Crippen LogP contribution < -0.4 is 0 Å². The summed E-state index contributed by atoms with van der Waals surface area (Å²) in [5.74, 6) is -0.0633. The Balaban J connectivity index is 2.03. The Morgan fingerprint density at radius 3 is 2.60 bits per heavy atom. The molecule has 0 N–H and O–H groups in total. The number of rotatable bonds is 3. The van der Waals surface area contributed by atoms with Crippen molar-refractivity contribution in [2.75, 3.05) is 20.1 Å². The van der Waals surface area contributed by atoms with Crippen LogP contribution in [0.25, 0.3) is 0 Å². The third kappa shape index (κ3) is 2.90. The van der Waals surface area contributed by atoms with Crippen LogP contribution in [0.5, 0.6) is 0 Å². The van der Waals surface area contributed by atoms with Crippen molar-refractivity contribution in [2.45, 2.75) is 19.4 Å². The molecule has 0 aliphatic carbocycles. The van der Waals surface area contributed by atoms with Crippen molar-refractivity contribution in [1.29, 1.82) is 0 Å². The summed E-state index contributed by atoms with van der Waals surface area (Å²) >= 11 is 0. The van der Waals surface area contributed by atoms with Gasteiger partial charge in [0, 0.05) is 25.7 Å². The van der Waals surface area contributed by atoms with Crippen molar-refractivity contribution in [3.8, 4) is 0 Å². The molecule has 1 aromatic rings. The molecule has 1 atom stereocenters. The highest BCUT2D eigenvalue weighted by atomic mass is 16.2. The van der Waals surface area contributed by atoms with Crippen molar-refractivity contribution in [1.82, 2.24) is 9.80 Å². The maximum absolute atomic E-state index is 12.4. The van der Waals surface area contributed by atoms with Crippen LogP contribution in [-0.2, 0) is 4.79 Å². The summed E-state index contributed by atoms with van der Waals surface area (Å²) in [4.78, 5) is 27.4. The lowest BCUT2D eigenvalue weighted by Crippen LogP contribution is -2.39.